The fraction of sp³-hybridized carbons (Fsp3) is 0.458. The first-order valence-corrected chi connectivity index (χ1v) is 10.8. The van der Waals surface area contributed by atoms with E-state index in [9.17, 15) is 14.4 Å². The molecule has 0 amide bonds. The maximum atomic E-state index is 12.3. The van der Waals surface area contributed by atoms with Crippen molar-refractivity contribution in [2.24, 2.45) is 5.92 Å². The van der Waals surface area contributed by atoms with Crippen LogP contribution in [0.25, 0.3) is 10.9 Å². The molecule has 0 spiro atoms. The summed E-state index contributed by atoms with van der Waals surface area (Å²) in [5, 5.41) is 20.6. The second-order valence-electron chi connectivity index (χ2n) is 8.12. The number of ketones is 1. The number of carboxylic acid groups (broad SMARTS) is 2. The number of carboxylic acids is 2. The van der Waals surface area contributed by atoms with Crippen molar-refractivity contribution in [1.29, 1.82) is 0 Å². The van der Waals surface area contributed by atoms with Crippen LogP contribution in [0.15, 0.2) is 30.4 Å². The van der Waals surface area contributed by atoms with Crippen LogP contribution in [0, 0.1) is 5.92 Å². The Hall–Kier alpha value is -2.93. The minimum absolute atomic E-state index is 0.0469. The van der Waals surface area contributed by atoms with Gasteiger partial charge in [0.15, 0.2) is 5.78 Å². The van der Waals surface area contributed by atoms with Crippen molar-refractivity contribution in [2.75, 3.05) is 6.54 Å². The van der Waals surface area contributed by atoms with Gasteiger partial charge in [0.25, 0.3) is 0 Å². The van der Waals surface area contributed by atoms with Crippen molar-refractivity contribution in [3.63, 3.8) is 0 Å². The number of hydrogen-bond donors (Lipinski definition) is 4. The number of aromatic nitrogens is 1. The van der Waals surface area contributed by atoms with Gasteiger partial charge >= 0.3 is 11.9 Å². The lowest BCUT2D eigenvalue weighted by atomic mass is 9.90. The minimum Gasteiger partial charge on any atom is -0.478 e. The predicted molar refractivity (Wildman–Crippen MR) is 121 cm³/mol. The van der Waals surface area contributed by atoms with Crippen molar-refractivity contribution in [1.82, 2.24) is 10.3 Å². The molecule has 0 saturated heterocycles. The highest BCUT2D eigenvalue weighted by molar-refractivity contribution is 6.01. The van der Waals surface area contributed by atoms with Crippen molar-refractivity contribution < 1.29 is 24.6 Å². The fourth-order valence-corrected chi connectivity index (χ4v) is 3.70. The van der Waals surface area contributed by atoms with Gasteiger partial charge in [-0.1, -0.05) is 27.2 Å². The molecule has 1 aromatic carbocycles. The van der Waals surface area contributed by atoms with Crippen LogP contribution in [0.5, 0.6) is 0 Å². The normalized spacial score (nSPS) is 15.5. The number of aryl methyl sites for hydroxylation is 1. The van der Waals surface area contributed by atoms with Crippen LogP contribution in [0.4, 0.5) is 0 Å². The van der Waals surface area contributed by atoms with E-state index in [-0.39, 0.29) is 11.7 Å². The maximum Gasteiger partial charge on any atom is 0.328 e. The minimum atomic E-state index is -1.26. The number of carbonyl (C=O) groups is 3. The first-order valence-electron chi connectivity index (χ1n) is 10.8. The lowest BCUT2D eigenvalue weighted by Crippen LogP contribution is -2.34. The van der Waals surface area contributed by atoms with Crippen LogP contribution in [0.3, 0.4) is 0 Å². The molecule has 0 aliphatic heterocycles. The SMILES string of the molecule is CCCCNC1CCc2[nH]c3ccc(C(=O)C(C)C)cc3c2C1.O=C(O)/C=C/C(=O)O. The molecule has 7 nitrogen and oxygen atoms in total. The summed E-state index contributed by atoms with van der Waals surface area (Å²) >= 11 is 0. The number of benzene rings is 1. The van der Waals surface area contributed by atoms with Crippen LogP contribution >= 0.6 is 0 Å². The molecule has 1 aliphatic rings. The molecule has 0 bridgehead atoms. The molecule has 0 saturated carbocycles. The molecule has 3 rings (SSSR count). The molecule has 1 unspecified atom stereocenters. The summed E-state index contributed by atoms with van der Waals surface area (Å²) in [5.74, 6) is -2.24. The second kappa shape index (κ2) is 11.5. The first kappa shape index (κ1) is 24.3. The van der Waals surface area contributed by atoms with E-state index in [0.717, 1.165) is 24.9 Å². The molecule has 1 atom stereocenters. The predicted octanol–water partition coefficient (Wildman–Crippen LogP) is 3.97. The lowest BCUT2D eigenvalue weighted by Gasteiger charge is -2.23. The van der Waals surface area contributed by atoms with Gasteiger partial charge in [-0.3, -0.25) is 4.79 Å². The largest absolute Gasteiger partial charge is 0.478 e. The number of rotatable bonds is 8. The van der Waals surface area contributed by atoms with E-state index in [0.29, 0.717) is 18.2 Å². The third kappa shape index (κ3) is 7.07. The zero-order chi connectivity index (χ0) is 23.0. The summed E-state index contributed by atoms with van der Waals surface area (Å²) in [6, 6.07) is 6.70. The van der Waals surface area contributed by atoms with Crippen molar-refractivity contribution in [2.45, 2.75) is 58.9 Å². The van der Waals surface area contributed by atoms with Gasteiger partial charge in [0.2, 0.25) is 0 Å². The van der Waals surface area contributed by atoms with E-state index in [4.69, 9.17) is 10.2 Å². The Bertz CT molecular complexity index is 942. The average molecular weight is 429 g/mol. The Labute approximate surface area is 182 Å². The van der Waals surface area contributed by atoms with Crippen LogP contribution in [-0.4, -0.2) is 45.5 Å². The van der Waals surface area contributed by atoms with E-state index >= 15 is 0 Å². The number of carbonyl (C=O) groups excluding carboxylic acids is 1. The third-order valence-corrected chi connectivity index (χ3v) is 5.33. The zero-order valence-corrected chi connectivity index (χ0v) is 18.4. The maximum absolute atomic E-state index is 12.3. The Morgan fingerprint density at radius 1 is 1.19 bits per heavy atom. The van der Waals surface area contributed by atoms with Crippen LogP contribution < -0.4 is 5.32 Å². The molecule has 0 fully saturated rings. The second-order valence-corrected chi connectivity index (χ2v) is 8.12. The van der Waals surface area contributed by atoms with Crippen LogP contribution in [0.2, 0.25) is 0 Å². The quantitative estimate of drug-likeness (QED) is 0.287. The monoisotopic (exact) mass is 428 g/mol. The summed E-state index contributed by atoms with van der Waals surface area (Å²) in [6.07, 6.45) is 6.95. The molecular weight excluding hydrogens is 396 g/mol. The molecule has 2 aromatic rings. The Morgan fingerprint density at radius 2 is 1.87 bits per heavy atom. The van der Waals surface area contributed by atoms with E-state index < -0.39 is 11.9 Å². The number of unbranched alkanes of at least 4 members (excludes halogenated alkanes) is 1. The molecule has 1 aromatic heterocycles. The number of aromatic amines is 1. The topological polar surface area (TPSA) is 119 Å². The smallest absolute Gasteiger partial charge is 0.328 e. The molecule has 1 aliphatic carbocycles. The molecule has 31 heavy (non-hydrogen) atoms. The number of fused-ring (bicyclic) bond motifs is 3. The number of nitrogens with one attached hydrogen (secondary N) is 2. The van der Waals surface area contributed by atoms with E-state index in [2.05, 4.69) is 29.4 Å². The number of hydrogen-bond acceptors (Lipinski definition) is 4. The highest BCUT2D eigenvalue weighted by atomic mass is 16.4. The summed E-state index contributed by atoms with van der Waals surface area (Å²) in [5.41, 5.74) is 4.79. The van der Waals surface area contributed by atoms with Gasteiger partial charge in [0.1, 0.15) is 0 Å². The molecule has 7 heteroatoms. The number of Topliss-reactive ketones (excluding diaryl/α,β-unsaturated/α-hetero) is 1. The summed E-state index contributed by atoms with van der Waals surface area (Å²) in [6.45, 7) is 7.27. The molecular formula is C24H32N2O5. The lowest BCUT2D eigenvalue weighted by molar-refractivity contribution is -0.134. The van der Waals surface area contributed by atoms with E-state index in [1.165, 1.54) is 41.4 Å². The van der Waals surface area contributed by atoms with Gasteiger partial charge in [-0.2, -0.15) is 0 Å². The standard InChI is InChI=1S/C20H28N2O.C4H4O4/c1-4-5-10-21-15-7-9-19-17(12-15)16-11-14(20(23)13(2)3)6-8-18(16)22-19;5-3(6)1-2-4(7)8/h6,8,11,13,15,21-22H,4-5,7,9-10,12H2,1-3H3;1-2H,(H,5,6)(H,7,8)/b;2-1+. The highest BCUT2D eigenvalue weighted by Gasteiger charge is 2.23. The van der Waals surface area contributed by atoms with Crippen molar-refractivity contribution >= 4 is 28.6 Å². The average Bonchev–Trinajstić information content (AvgIpc) is 3.09. The van der Waals surface area contributed by atoms with Gasteiger partial charge in [-0.25, -0.2) is 9.59 Å². The third-order valence-electron chi connectivity index (χ3n) is 5.33. The Balaban J connectivity index is 0.000000366. The van der Waals surface area contributed by atoms with Crippen LogP contribution in [-0.2, 0) is 22.4 Å². The fourth-order valence-electron chi connectivity index (χ4n) is 3.70. The van der Waals surface area contributed by atoms with Crippen molar-refractivity contribution in [3.05, 3.63) is 47.2 Å². The first-order chi connectivity index (χ1) is 14.7. The van der Waals surface area contributed by atoms with Gasteiger partial charge in [0.05, 0.1) is 0 Å². The Morgan fingerprint density at radius 3 is 2.45 bits per heavy atom. The molecule has 168 valence electrons. The number of H-pyrrole nitrogens is 1. The van der Waals surface area contributed by atoms with Crippen LogP contribution in [0.1, 0.15) is 61.6 Å². The van der Waals surface area contributed by atoms with Crippen molar-refractivity contribution in [3.8, 4) is 0 Å². The van der Waals surface area contributed by atoms with E-state index in [1.807, 2.05) is 19.9 Å². The van der Waals surface area contributed by atoms with Gasteiger partial charge in [0, 0.05) is 46.3 Å². The molecule has 0 radical (unpaired) electrons. The molecule has 1 heterocycles. The summed E-state index contributed by atoms with van der Waals surface area (Å²) < 4.78 is 0. The summed E-state index contributed by atoms with van der Waals surface area (Å²) in [7, 11) is 0. The van der Waals surface area contributed by atoms with Gasteiger partial charge in [-0.05, 0) is 56.0 Å². The van der Waals surface area contributed by atoms with E-state index in [1.54, 1.807) is 0 Å². The Kier molecular flexibility index (Phi) is 9.00. The summed E-state index contributed by atoms with van der Waals surface area (Å²) in [4.78, 5) is 35.0. The highest BCUT2D eigenvalue weighted by Crippen LogP contribution is 2.30. The van der Waals surface area contributed by atoms with Gasteiger partial charge < -0.3 is 20.5 Å². The van der Waals surface area contributed by atoms with Gasteiger partial charge in [-0.15, -0.1) is 0 Å². The zero-order valence-electron chi connectivity index (χ0n) is 18.4. The molecule has 4 N–H and O–H groups in total. The number of aliphatic carboxylic acids is 2.